The van der Waals surface area contributed by atoms with Crippen molar-refractivity contribution in [2.75, 3.05) is 0 Å². The lowest BCUT2D eigenvalue weighted by Crippen LogP contribution is -1.97. The molecule has 0 heterocycles. The Morgan fingerprint density at radius 3 is 2.09 bits per heavy atom. The fourth-order valence-corrected chi connectivity index (χ4v) is 0.535. The van der Waals surface area contributed by atoms with E-state index in [2.05, 4.69) is 26.8 Å². The summed E-state index contributed by atoms with van der Waals surface area (Å²) in [6.45, 7) is 7.89. The van der Waals surface area contributed by atoms with Gasteiger partial charge in [-0.05, 0) is 18.4 Å². The molecular formula is C10H16O. The topological polar surface area (TPSA) is 17.1 Å². The van der Waals surface area contributed by atoms with Crippen LogP contribution >= 0.6 is 0 Å². The van der Waals surface area contributed by atoms with Crippen molar-refractivity contribution in [1.82, 2.24) is 0 Å². The first kappa shape index (κ1) is 10.2. The maximum atomic E-state index is 10.4. The molecule has 0 aromatic rings. The molecule has 0 aliphatic heterocycles. The van der Waals surface area contributed by atoms with Crippen LogP contribution < -0.4 is 0 Å². The van der Waals surface area contributed by atoms with Gasteiger partial charge in [0.25, 0.3) is 0 Å². The lowest BCUT2D eigenvalue weighted by molar-refractivity contribution is -0.112. The summed E-state index contributed by atoms with van der Waals surface area (Å²) in [6.07, 6.45) is 7.30. The van der Waals surface area contributed by atoms with Crippen LogP contribution in [0.2, 0.25) is 0 Å². The van der Waals surface area contributed by atoms with Crippen LogP contribution in [0.15, 0.2) is 24.3 Å². The minimum absolute atomic E-state index is 0.0866. The van der Waals surface area contributed by atoms with E-state index in [0.717, 1.165) is 0 Å². The smallest absolute Gasteiger partial charge is 0.152 e. The molecule has 0 fully saturated rings. The Labute approximate surface area is 68.8 Å². The maximum Gasteiger partial charge on any atom is 0.152 e. The number of hydrogen-bond donors (Lipinski definition) is 0. The molecule has 0 aliphatic rings. The van der Waals surface area contributed by atoms with Gasteiger partial charge in [0.2, 0.25) is 0 Å². The van der Waals surface area contributed by atoms with Crippen LogP contribution in [0.3, 0.4) is 0 Å². The number of carbonyl (C=O) groups is 1. The summed E-state index contributed by atoms with van der Waals surface area (Å²) in [4.78, 5) is 10.4. The van der Waals surface area contributed by atoms with E-state index in [1.54, 1.807) is 19.1 Å². The fourth-order valence-electron chi connectivity index (χ4n) is 0.535. The largest absolute Gasteiger partial charge is 0.295 e. The van der Waals surface area contributed by atoms with Gasteiger partial charge in [0.15, 0.2) is 5.78 Å². The van der Waals surface area contributed by atoms with Crippen molar-refractivity contribution in [3.05, 3.63) is 24.3 Å². The first-order valence-corrected chi connectivity index (χ1v) is 3.78. The highest BCUT2D eigenvalue weighted by atomic mass is 16.1. The highest BCUT2D eigenvalue weighted by Gasteiger charge is 2.01. The number of hydrogen-bond acceptors (Lipinski definition) is 1. The minimum Gasteiger partial charge on any atom is -0.295 e. The molecule has 0 unspecified atom stereocenters. The van der Waals surface area contributed by atoms with Crippen molar-refractivity contribution < 1.29 is 4.79 Å². The van der Waals surface area contributed by atoms with Gasteiger partial charge >= 0.3 is 0 Å². The summed E-state index contributed by atoms with van der Waals surface area (Å²) in [5.74, 6) is 0.0866. The van der Waals surface area contributed by atoms with Crippen LogP contribution in [0.1, 0.15) is 27.7 Å². The SMILES string of the molecule is CC(=O)/C=C/C=C/C(C)(C)C. The quantitative estimate of drug-likeness (QED) is 0.439. The average Bonchev–Trinajstić information content (AvgIpc) is 1.78. The van der Waals surface area contributed by atoms with E-state index in [4.69, 9.17) is 0 Å². The summed E-state index contributed by atoms with van der Waals surface area (Å²) in [5, 5.41) is 0. The van der Waals surface area contributed by atoms with Gasteiger partial charge < -0.3 is 0 Å². The molecule has 0 atom stereocenters. The zero-order valence-corrected chi connectivity index (χ0v) is 7.72. The Bertz CT molecular complexity index is 180. The van der Waals surface area contributed by atoms with Crippen LogP contribution in [-0.4, -0.2) is 5.78 Å². The van der Waals surface area contributed by atoms with E-state index in [-0.39, 0.29) is 11.2 Å². The molecule has 0 aromatic carbocycles. The van der Waals surface area contributed by atoms with Crippen LogP contribution in [-0.2, 0) is 4.79 Å². The second-order valence-electron chi connectivity index (χ2n) is 3.69. The van der Waals surface area contributed by atoms with Crippen LogP contribution in [0.25, 0.3) is 0 Å². The Kier molecular flexibility index (Phi) is 3.80. The third-order valence-electron chi connectivity index (χ3n) is 1.04. The summed E-state index contributed by atoms with van der Waals surface area (Å²) in [6, 6.07) is 0. The van der Waals surface area contributed by atoms with E-state index in [1.165, 1.54) is 0 Å². The van der Waals surface area contributed by atoms with Gasteiger partial charge in [-0.1, -0.05) is 39.0 Å². The summed E-state index contributed by atoms with van der Waals surface area (Å²) < 4.78 is 0. The normalized spacial score (nSPS) is 13.1. The standard InChI is InChI=1S/C10H16O/c1-9(11)7-5-6-8-10(2,3)4/h5-8H,1-4H3/b7-5+,8-6+. The van der Waals surface area contributed by atoms with E-state index in [1.807, 2.05) is 6.08 Å². The Morgan fingerprint density at radius 2 is 1.73 bits per heavy atom. The lowest BCUT2D eigenvalue weighted by atomic mass is 9.96. The first-order valence-electron chi connectivity index (χ1n) is 3.78. The third-order valence-corrected chi connectivity index (χ3v) is 1.04. The highest BCUT2D eigenvalue weighted by Crippen LogP contribution is 2.13. The van der Waals surface area contributed by atoms with Gasteiger partial charge in [-0.3, -0.25) is 4.79 Å². The van der Waals surface area contributed by atoms with Gasteiger partial charge in [0.05, 0.1) is 0 Å². The second-order valence-corrected chi connectivity index (χ2v) is 3.69. The number of allylic oxidation sites excluding steroid dienone is 4. The number of rotatable bonds is 2. The van der Waals surface area contributed by atoms with Gasteiger partial charge in [0, 0.05) is 0 Å². The van der Waals surface area contributed by atoms with E-state index in [9.17, 15) is 4.79 Å². The molecule has 1 heteroatoms. The number of carbonyl (C=O) groups excluding carboxylic acids is 1. The van der Waals surface area contributed by atoms with Crippen LogP contribution in [0.4, 0.5) is 0 Å². The molecule has 0 aliphatic carbocycles. The summed E-state index contributed by atoms with van der Waals surface area (Å²) in [5.41, 5.74) is 0.196. The first-order chi connectivity index (χ1) is 4.92. The molecule has 11 heavy (non-hydrogen) atoms. The molecule has 0 N–H and O–H groups in total. The average molecular weight is 152 g/mol. The summed E-state index contributed by atoms with van der Waals surface area (Å²) >= 11 is 0. The molecule has 1 nitrogen and oxygen atoms in total. The Morgan fingerprint density at radius 1 is 1.18 bits per heavy atom. The van der Waals surface area contributed by atoms with Crippen molar-refractivity contribution in [1.29, 1.82) is 0 Å². The molecule has 0 saturated carbocycles. The monoisotopic (exact) mass is 152 g/mol. The van der Waals surface area contributed by atoms with E-state index < -0.39 is 0 Å². The molecular weight excluding hydrogens is 136 g/mol. The zero-order valence-electron chi connectivity index (χ0n) is 7.72. The molecule has 62 valence electrons. The number of ketones is 1. The zero-order chi connectivity index (χ0) is 8.91. The van der Waals surface area contributed by atoms with Gasteiger partial charge in [-0.15, -0.1) is 0 Å². The van der Waals surface area contributed by atoms with Crippen LogP contribution in [0.5, 0.6) is 0 Å². The molecule has 0 radical (unpaired) electrons. The van der Waals surface area contributed by atoms with Gasteiger partial charge in [0.1, 0.15) is 0 Å². The summed E-state index contributed by atoms with van der Waals surface area (Å²) in [7, 11) is 0. The highest BCUT2D eigenvalue weighted by molar-refractivity contribution is 5.87. The van der Waals surface area contributed by atoms with E-state index in [0.29, 0.717) is 0 Å². The van der Waals surface area contributed by atoms with E-state index >= 15 is 0 Å². The predicted molar refractivity (Wildman–Crippen MR) is 48.4 cm³/mol. The molecule has 0 amide bonds. The molecule has 0 saturated heterocycles. The molecule has 0 rings (SSSR count). The Balaban J connectivity index is 3.88. The van der Waals surface area contributed by atoms with Crippen molar-refractivity contribution in [3.63, 3.8) is 0 Å². The van der Waals surface area contributed by atoms with Crippen LogP contribution in [0, 0.1) is 5.41 Å². The molecule has 0 aromatic heterocycles. The Hall–Kier alpha value is -0.850. The minimum atomic E-state index is 0.0866. The van der Waals surface area contributed by atoms with Gasteiger partial charge in [-0.25, -0.2) is 0 Å². The molecule has 0 bridgehead atoms. The van der Waals surface area contributed by atoms with Crippen molar-refractivity contribution in [2.24, 2.45) is 5.41 Å². The van der Waals surface area contributed by atoms with Crippen molar-refractivity contribution >= 4 is 5.78 Å². The van der Waals surface area contributed by atoms with Crippen molar-refractivity contribution in [3.8, 4) is 0 Å². The fraction of sp³-hybridized carbons (Fsp3) is 0.500. The lowest BCUT2D eigenvalue weighted by Gasteiger charge is -2.09. The maximum absolute atomic E-state index is 10.4. The predicted octanol–water partition coefficient (Wildman–Crippen LogP) is 2.73. The van der Waals surface area contributed by atoms with Crippen molar-refractivity contribution in [2.45, 2.75) is 27.7 Å². The molecule has 0 spiro atoms. The second kappa shape index (κ2) is 4.12. The third kappa shape index (κ3) is 9.15. The van der Waals surface area contributed by atoms with Gasteiger partial charge in [-0.2, -0.15) is 0 Å².